The number of rotatable bonds is 7. The summed E-state index contributed by atoms with van der Waals surface area (Å²) in [5.74, 6) is -0.103. The summed E-state index contributed by atoms with van der Waals surface area (Å²) in [7, 11) is 1.62. The highest BCUT2D eigenvalue weighted by Crippen LogP contribution is 2.44. The molecular formula is C29H24ClF2NO3S. The highest BCUT2D eigenvalue weighted by molar-refractivity contribution is 7.20. The van der Waals surface area contributed by atoms with Crippen LogP contribution in [0.4, 0.5) is 19.3 Å². The number of amides is 1. The normalized spacial score (nSPS) is 13.8. The van der Waals surface area contributed by atoms with E-state index in [1.165, 1.54) is 42.7 Å². The van der Waals surface area contributed by atoms with E-state index in [1.807, 2.05) is 18.2 Å². The van der Waals surface area contributed by atoms with Crippen molar-refractivity contribution in [1.82, 2.24) is 0 Å². The van der Waals surface area contributed by atoms with Gasteiger partial charge in [-0.3, -0.25) is 5.32 Å². The second-order valence-corrected chi connectivity index (χ2v) is 10.6. The molecule has 1 saturated carbocycles. The Morgan fingerprint density at radius 1 is 1.03 bits per heavy atom. The van der Waals surface area contributed by atoms with Crippen LogP contribution in [0, 0.1) is 11.6 Å². The van der Waals surface area contributed by atoms with Crippen LogP contribution in [-0.4, -0.2) is 13.2 Å². The number of methoxy groups -OCH3 is 1. The molecule has 1 heterocycles. The molecule has 8 heteroatoms. The number of hydrogen-bond donors (Lipinski definition) is 1. The monoisotopic (exact) mass is 539 g/mol. The zero-order valence-electron chi connectivity index (χ0n) is 20.2. The third kappa shape index (κ3) is 5.63. The van der Waals surface area contributed by atoms with Crippen molar-refractivity contribution in [3.05, 3.63) is 93.8 Å². The van der Waals surface area contributed by atoms with Crippen molar-refractivity contribution in [2.45, 2.75) is 31.8 Å². The number of thiophene rings is 1. The summed E-state index contributed by atoms with van der Waals surface area (Å²) in [6.45, 7) is 1.51. The molecule has 1 atom stereocenters. The van der Waals surface area contributed by atoms with E-state index in [4.69, 9.17) is 21.1 Å². The van der Waals surface area contributed by atoms with Crippen molar-refractivity contribution < 1.29 is 23.0 Å². The topological polar surface area (TPSA) is 47.6 Å². The quantitative estimate of drug-likeness (QED) is 0.254. The molecule has 0 aliphatic heterocycles. The molecule has 4 aromatic rings. The lowest BCUT2D eigenvalue weighted by Gasteiger charge is -2.15. The zero-order valence-corrected chi connectivity index (χ0v) is 21.8. The minimum atomic E-state index is -0.927. The summed E-state index contributed by atoms with van der Waals surface area (Å²) >= 11 is 7.59. The Morgan fingerprint density at radius 2 is 1.76 bits per heavy atom. The van der Waals surface area contributed by atoms with Crippen molar-refractivity contribution in [3.8, 4) is 27.3 Å². The molecule has 1 aliphatic carbocycles. The molecule has 190 valence electrons. The van der Waals surface area contributed by atoms with E-state index in [1.54, 1.807) is 13.2 Å². The fraction of sp³-hybridized carbons (Fsp3) is 0.207. The van der Waals surface area contributed by atoms with Crippen LogP contribution in [0.15, 0.2) is 66.7 Å². The number of ether oxygens (including phenoxy) is 2. The van der Waals surface area contributed by atoms with Gasteiger partial charge in [-0.25, -0.2) is 13.6 Å². The van der Waals surface area contributed by atoms with E-state index in [9.17, 15) is 13.6 Å². The molecule has 1 aromatic heterocycles. The summed E-state index contributed by atoms with van der Waals surface area (Å²) in [6, 6.07) is 19.1. The first-order valence-electron chi connectivity index (χ1n) is 11.8. The molecule has 4 nitrogen and oxygen atoms in total. The number of benzene rings is 3. The maximum absolute atomic E-state index is 14.1. The predicted molar refractivity (Wildman–Crippen MR) is 144 cm³/mol. The second-order valence-electron chi connectivity index (χ2n) is 8.94. The van der Waals surface area contributed by atoms with Crippen LogP contribution in [0.25, 0.3) is 21.6 Å². The maximum Gasteiger partial charge on any atom is 0.412 e. The molecule has 0 bridgehead atoms. The lowest BCUT2D eigenvalue weighted by Crippen LogP contribution is -2.16. The Morgan fingerprint density at radius 3 is 2.43 bits per heavy atom. The minimum absolute atomic E-state index is 0.0746. The standard InChI is InChI=1S/C29H24ClF2NO3S/c1-16(22-12-10-21(31)14-24(22)32)36-29(34)33-25-15-27(30)37-28(25)20-9-11-23(26(13-20)35-2)19-7-5-18(6-8-19)17-3-4-17/h5-17H,3-4H2,1-2H3,(H,33,34)/t16-/m1/s1. The van der Waals surface area contributed by atoms with Gasteiger partial charge in [-0.15, -0.1) is 11.3 Å². The van der Waals surface area contributed by atoms with E-state index in [2.05, 4.69) is 29.6 Å². The number of carbonyl (C=O) groups is 1. The van der Waals surface area contributed by atoms with Crippen LogP contribution >= 0.6 is 22.9 Å². The zero-order chi connectivity index (χ0) is 26.1. The third-order valence-corrected chi connectivity index (χ3v) is 7.67. The van der Waals surface area contributed by atoms with Crippen LogP contribution in [0.3, 0.4) is 0 Å². The van der Waals surface area contributed by atoms with Gasteiger partial charge < -0.3 is 9.47 Å². The summed E-state index contributed by atoms with van der Waals surface area (Å²) in [6.07, 6.45) is 0.800. The highest BCUT2D eigenvalue weighted by atomic mass is 35.5. The number of carbonyl (C=O) groups excluding carboxylic acids is 1. The molecule has 1 aliphatic rings. The molecule has 0 saturated heterocycles. The summed E-state index contributed by atoms with van der Waals surface area (Å²) in [5, 5.41) is 2.70. The van der Waals surface area contributed by atoms with E-state index in [0.29, 0.717) is 21.7 Å². The Bertz CT molecular complexity index is 1450. The van der Waals surface area contributed by atoms with Gasteiger partial charge in [0.2, 0.25) is 0 Å². The number of hydrogen-bond acceptors (Lipinski definition) is 4. The van der Waals surface area contributed by atoms with Crippen molar-refractivity contribution in [3.63, 3.8) is 0 Å². The Balaban J connectivity index is 1.36. The average Bonchev–Trinajstić information content (AvgIpc) is 3.66. The summed E-state index contributed by atoms with van der Waals surface area (Å²) in [4.78, 5) is 13.3. The molecule has 3 aromatic carbocycles. The van der Waals surface area contributed by atoms with Crippen molar-refractivity contribution in [1.29, 1.82) is 0 Å². The van der Waals surface area contributed by atoms with E-state index < -0.39 is 23.8 Å². The maximum atomic E-state index is 14.1. The van der Waals surface area contributed by atoms with E-state index in [-0.39, 0.29) is 5.56 Å². The first-order valence-corrected chi connectivity index (χ1v) is 13.0. The largest absolute Gasteiger partial charge is 0.496 e. The number of anilines is 1. The molecule has 0 unspecified atom stereocenters. The summed E-state index contributed by atoms with van der Waals surface area (Å²) < 4.78 is 38.8. The van der Waals surface area contributed by atoms with Gasteiger partial charge in [0.15, 0.2) is 0 Å². The second kappa shape index (κ2) is 10.5. The molecule has 0 spiro atoms. The van der Waals surface area contributed by atoms with E-state index >= 15 is 0 Å². The molecular weight excluding hydrogens is 516 g/mol. The molecule has 1 fully saturated rings. The SMILES string of the molecule is COc1cc(-c2sc(Cl)cc2NC(=O)O[C@H](C)c2ccc(F)cc2F)ccc1-c1ccc(C2CC2)cc1. The molecule has 1 amide bonds. The lowest BCUT2D eigenvalue weighted by molar-refractivity contribution is 0.119. The van der Waals surface area contributed by atoms with E-state index in [0.717, 1.165) is 33.7 Å². The highest BCUT2D eigenvalue weighted by Gasteiger charge is 2.23. The van der Waals surface area contributed by atoms with Gasteiger partial charge >= 0.3 is 6.09 Å². The van der Waals surface area contributed by atoms with Crippen LogP contribution in [0.1, 0.15) is 42.9 Å². The first-order chi connectivity index (χ1) is 17.8. The van der Waals surface area contributed by atoms with Crippen molar-refractivity contribution >= 4 is 34.7 Å². The van der Waals surface area contributed by atoms with Crippen molar-refractivity contribution in [2.24, 2.45) is 0 Å². The van der Waals surface area contributed by atoms with Crippen LogP contribution in [0.2, 0.25) is 4.34 Å². The predicted octanol–water partition coefficient (Wildman–Crippen LogP) is 9.21. The fourth-order valence-corrected chi connectivity index (χ4v) is 5.46. The third-order valence-electron chi connectivity index (χ3n) is 6.36. The number of nitrogens with one attached hydrogen (secondary N) is 1. The molecule has 1 N–H and O–H groups in total. The molecule has 37 heavy (non-hydrogen) atoms. The van der Waals surface area contributed by atoms with Gasteiger partial charge in [0.1, 0.15) is 23.5 Å². The van der Waals surface area contributed by atoms with Crippen molar-refractivity contribution in [2.75, 3.05) is 12.4 Å². The van der Waals surface area contributed by atoms with Crippen LogP contribution in [-0.2, 0) is 4.74 Å². The first kappa shape index (κ1) is 25.2. The lowest BCUT2D eigenvalue weighted by atomic mass is 9.99. The Hall–Kier alpha value is -3.42. The van der Waals surface area contributed by atoms with Gasteiger partial charge in [0.25, 0.3) is 0 Å². The van der Waals surface area contributed by atoms with Gasteiger partial charge in [0, 0.05) is 17.2 Å². The van der Waals surface area contributed by atoms with Crippen LogP contribution < -0.4 is 10.1 Å². The fourth-order valence-electron chi connectivity index (χ4n) is 4.29. The van der Waals surface area contributed by atoms with Crippen LogP contribution in [0.5, 0.6) is 5.75 Å². The van der Waals surface area contributed by atoms with Gasteiger partial charge in [0.05, 0.1) is 22.0 Å². The average molecular weight is 540 g/mol. The molecule has 5 rings (SSSR count). The Kier molecular flexibility index (Phi) is 7.17. The molecule has 0 radical (unpaired) electrons. The van der Waals surface area contributed by atoms with Gasteiger partial charge in [-0.05, 0) is 66.6 Å². The summed E-state index contributed by atoms with van der Waals surface area (Å²) in [5.41, 5.74) is 4.72. The van der Waals surface area contributed by atoms with Gasteiger partial charge in [-0.2, -0.15) is 0 Å². The minimum Gasteiger partial charge on any atom is -0.496 e. The number of halogens is 3. The smallest absolute Gasteiger partial charge is 0.412 e. The van der Waals surface area contributed by atoms with Gasteiger partial charge in [-0.1, -0.05) is 48.0 Å². The Labute approximate surface area is 222 Å².